The molecule has 2 aliphatic rings. The van der Waals surface area contributed by atoms with Crippen molar-refractivity contribution in [3.63, 3.8) is 0 Å². The van der Waals surface area contributed by atoms with Gasteiger partial charge in [0.1, 0.15) is 5.75 Å². The molecule has 2 heterocycles. The highest BCUT2D eigenvalue weighted by Gasteiger charge is 2.39. The highest BCUT2D eigenvalue weighted by atomic mass is 16.5. The number of hydrogen-bond acceptors (Lipinski definition) is 3. The van der Waals surface area contributed by atoms with Gasteiger partial charge in [-0.1, -0.05) is 18.2 Å². The molecule has 0 aliphatic carbocycles. The second kappa shape index (κ2) is 8.63. The summed E-state index contributed by atoms with van der Waals surface area (Å²) >= 11 is 0. The van der Waals surface area contributed by atoms with E-state index in [9.17, 15) is 9.59 Å². The first-order valence-corrected chi connectivity index (χ1v) is 10.0. The summed E-state index contributed by atoms with van der Waals surface area (Å²) < 4.78 is 5.85. The van der Waals surface area contributed by atoms with Gasteiger partial charge in [-0.05, 0) is 51.2 Å². The molecule has 0 aromatic heterocycles. The van der Waals surface area contributed by atoms with Crippen LogP contribution in [-0.4, -0.2) is 49.1 Å². The molecule has 1 aromatic rings. The Balaban J connectivity index is 1.50. The molecule has 0 saturated carbocycles. The lowest BCUT2D eigenvalue weighted by molar-refractivity contribution is -0.125. The number of para-hydroxylation sites is 1. The topological polar surface area (TPSA) is 70.7 Å². The number of rotatable bonds is 5. The minimum Gasteiger partial charge on any atom is -0.491 e. The van der Waals surface area contributed by atoms with Gasteiger partial charge in [0.15, 0.2) is 0 Å². The lowest BCUT2D eigenvalue weighted by Gasteiger charge is -2.44. The number of amides is 3. The molecule has 2 saturated heterocycles. The molecule has 6 nitrogen and oxygen atoms in total. The third-order valence-electron chi connectivity index (χ3n) is 5.50. The number of likely N-dealkylation sites (tertiary alicyclic amines) is 1. The van der Waals surface area contributed by atoms with E-state index in [1.54, 1.807) is 0 Å². The normalized spacial score (nSPS) is 22.6. The molecule has 1 spiro atoms. The third kappa shape index (κ3) is 5.15. The Bertz CT molecular complexity index is 664. The zero-order valence-corrected chi connectivity index (χ0v) is 16.4. The van der Waals surface area contributed by atoms with Gasteiger partial charge in [-0.2, -0.15) is 0 Å². The summed E-state index contributed by atoms with van der Waals surface area (Å²) in [6.45, 7) is 6.81. The van der Waals surface area contributed by atoms with E-state index in [-0.39, 0.29) is 23.5 Å². The number of nitrogens with one attached hydrogen (secondary N) is 2. The van der Waals surface area contributed by atoms with Crippen molar-refractivity contribution >= 4 is 11.9 Å². The zero-order valence-electron chi connectivity index (χ0n) is 16.4. The first kappa shape index (κ1) is 19.5. The fourth-order valence-electron chi connectivity index (χ4n) is 4.07. The maximum atomic E-state index is 12.6. The Morgan fingerprint density at radius 1 is 1.33 bits per heavy atom. The van der Waals surface area contributed by atoms with E-state index < -0.39 is 0 Å². The molecular formula is C21H31N3O3. The minimum atomic E-state index is -0.00626. The van der Waals surface area contributed by atoms with Gasteiger partial charge in [0.25, 0.3) is 0 Å². The number of carbonyl (C=O) groups excluding carboxylic acids is 2. The van der Waals surface area contributed by atoms with E-state index in [0.29, 0.717) is 19.5 Å². The van der Waals surface area contributed by atoms with E-state index in [1.165, 1.54) is 0 Å². The van der Waals surface area contributed by atoms with E-state index in [0.717, 1.165) is 50.1 Å². The van der Waals surface area contributed by atoms with Gasteiger partial charge in [0, 0.05) is 38.0 Å². The van der Waals surface area contributed by atoms with Crippen molar-refractivity contribution in [2.45, 2.75) is 52.1 Å². The van der Waals surface area contributed by atoms with Crippen molar-refractivity contribution < 1.29 is 14.3 Å². The zero-order chi connectivity index (χ0) is 19.3. The van der Waals surface area contributed by atoms with Crippen LogP contribution in [0.1, 0.15) is 45.1 Å². The van der Waals surface area contributed by atoms with Crippen molar-refractivity contribution in [1.29, 1.82) is 0 Å². The Morgan fingerprint density at radius 3 is 2.89 bits per heavy atom. The van der Waals surface area contributed by atoms with Gasteiger partial charge in [-0.25, -0.2) is 4.79 Å². The molecule has 3 rings (SSSR count). The minimum absolute atomic E-state index is 0.00626. The largest absolute Gasteiger partial charge is 0.491 e. The molecule has 1 aromatic carbocycles. The smallest absolute Gasteiger partial charge is 0.317 e. The highest BCUT2D eigenvalue weighted by molar-refractivity contribution is 5.77. The molecule has 0 bridgehead atoms. The molecule has 148 valence electrons. The fraction of sp³-hybridized carbons (Fsp3) is 0.619. The molecule has 2 fully saturated rings. The van der Waals surface area contributed by atoms with Crippen LogP contribution in [0.15, 0.2) is 24.3 Å². The van der Waals surface area contributed by atoms with Crippen LogP contribution < -0.4 is 15.4 Å². The number of nitrogens with zero attached hydrogens (tertiary/aromatic N) is 1. The number of benzene rings is 1. The highest BCUT2D eigenvalue weighted by Crippen LogP contribution is 2.36. The average Bonchev–Trinajstić information content (AvgIpc) is 2.65. The van der Waals surface area contributed by atoms with Crippen LogP contribution in [0.2, 0.25) is 0 Å². The Kier molecular flexibility index (Phi) is 6.24. The van der Waals surface area contributed by atoms with Gasteiger partial charge >= 0.3 is 6.03 Å². The summed E-state index contributed by atoms with van der Waals surface area (Å²) in [4.78, 5) is 26.0. The molecule has 3 amide bonds. The standard InChI is InChI=1S/C21H31N3O3/c1-16(2)27-18-7-4-3-6-17(18)9-12-22-20(26)24-13-5-10-21(15-24)11-8-19(25)23-14-21/h3-4,6-7,16H,5,8-15H2,1-2H3,(H,22,26)(H,23,25). The number of ether oxygens (including phenoxy) is 1. The Labute approximate surface area is 161 Å². The van der Waals surface area contributed by atoms with Crippen LogP contribution in [0.25, 0.3) is 0 Å². The van der Waals surface area contributed by atoms with Crippen LogP contribution in [0, 0.1) is 5.41 Å². The van der Waals surface area contributed by atoms with E-state index in [1.807, 2.05) is 43.0 Å². The molecule has 27 heavy (non-hydrogen) atoms. The summed E-state index contributed by atoms with van der Waals surface area (Å²) in [6.07, 6.45) is 4.39. The maximum absolute atomic E-state index is 12.6. The van der Waals surface area contributed by atoms with Gasteiger partial charge < -0.3 is 20.3 Å². The van der Waals surface area contributed by atoms with Crippen LogP contribution in [-0.2, 0) is 11.2 Å². The number of carbonyl (C=O) groups is 2. The second-order valence-electron chi connectivity index (χ2n) is 8.06. The quantitative estimate of drug-likeness (QED) is 0.834. The van der Waals surface area contributed by atoms with Crippen LogP contribution in [0.4, 0.5) is 4.79 Å². The van der Waals surface area contributed by atoms with Crippen molar-refractivity contribution in [3.05, 3.63) is 29.8 Å². The Morgan fingerprint density at radius 2 is 2.15 bits per heavy atom. The van der Waals surface area contributed by atoms with E-state index >= 15 is 0 Å². The van der Waals surface area contributed by atoms with Gasteiger partial charge in [0.2, 0.25) is 5.91 Å². The molecule has 2 aliphatic heterocycles. The first-order valence-electron chi connectivity index (χ1n) is 10.0. The first-order chi connectivity index (χ1) is 13.0. The maximum Gasteiger partial charge on any atom is 0.317 e. The van der Waals surface area contributed by atoms with Crippen molar-refractivity contribution in [2.24, 2.45) is 5.41 Å². The third-order valence-corrected chi connectivity index (χ3v) is 5.50. The lowest BCUT2D eigenvalue weighted by Crippen LogP contribution is -2.55. The van der Waals surface area contributed by atoms with Gasteiger partial charge in [-0.3, -0.25) is 4.79 Å². The Hall–Kier alpha value is -2.24. The van der Waals surface area contributed by atoms with Gasteiger partial charge in [0.05, 0.1) is 6.10 Å². The van der Waals surface area contributed by atoms with E-state index in [2.05, 4.69) is 10.6 Å². The summed E-state index contributed by atoms with van der Waals surface area (Å²) in [5.41, 5.74) is 1.16. The van der Waals surface area contributed by atoms with Crippen LogP contribution >= 0.6 is 0 Å². The second-order valence-corrected chi connectivity index (χ2v) is 8.06. The molecule has 1 atom stereocenters. The number of urea groups is 1. The molecule has 0 radical (unpaired) electrons. The van der Waals surface area contributed by atoms with Crippen LogP contribution in [0.5, 0.6) is 5.75 Å². The van der Waals surface area contributed by atoms with Crippen molar-refractivity contribution in [2.75, 3.05) is 26.2 Å². The van der Waals surface area contributed by atoms with Crippen molar-refractivity contribution in [1.82, 2.24) is 15.5 Å². The van der Waals surface area contributed by atoms with E-state index in [4.69, 9.17) is 4.74 Å². The SMILES string of the molecule is CC(C)Oc1ccccc1CCNC(=O)N1CCCC2(CCC(=O)NC2)C1. The summed E-state index contributed by atoms with van der Waals surface area (Å²) in [5.74, 6) is 1.01. The monoisotopic (exact) mass is 373 g/mol. The predicted molar refractivity (Wildman–Crippen MR) is 105 cm³/mol. The molecular weight excluding hydrogens is 342 g/mol. The van der Waals surface area contributed by atoms with Crippen molar-refractivity contribution in [3.8, 4) is 5.75 Å². The molecule has 1 unspecified atom stereocenters. The summed E-state index contributed by atoms with van der Waals surface area (Å²) in [5, 5.41) is 6.03. The van der Waals surface area contributed by atoms with Gasteiger partial charge in [-0.15, -0.1) is 0 Å². The predicted octanol–water partition coefficient (Wildman–Crippen LogP) is 2.72. The fourth-order valence-corrected chi connectivity index (χ4v) is 4.07. The lowest BCUT2D eigenvalue weighted by atomic mass is 9.74. The molecule has 2 N–H and O–H groups in total. The average molecular weight is 373 g/mol. The number of hydrogen-bond donors (Lipinski definition) is 2. The number of piperidine rings is 2. The summed E-state index contributed by atoms with van der Waals surface area (Å²) in [7, 11) is 0. The summed E-state index contributed by atoms with van der Waals surface area (Å²) in [6, 6.07) is 7.98. The molecule has 6 heteroatoms. The van der Waals surface area contributed by atoms with Crippen LogP contribution in [0.3, 0.4) is 0 Å².